The van der Waals surface area contributed by atoms with E-state index in [-0.39, 0.29) is 11.6 Å². The molecule has 2 aromatic heterocycles. The van der Waals surface area contributed by atoms with Crippen molar-refractivity contribution in [2.24, 2.45) is 10.1 Å². The van der Waals surface area contributed by atoms with E-state index >= 15 is 0 Å². The van der Waals surface area contributed by atoms with Crippen molar-refractivity contribution < 1.29 is 13.5 Å². The lowest BCUT2D eigenvalue weighted by atomic mass is 10.2. The summed E-state index contributed by atoms with van der Waals surface area (Å²) in [7, 11) is 1.61. The number of hydrogen-bond donors (Lipinski definition) is 0. The van der Waals surface area contributed by atoms with E-state index in [4.69, 9.17) is 26.4 Å². The van der Waals surface area contributed by atoms with Crippen molar-refractivity contribution in [2.45, 2.75) is 13.5 Å². The fraction of sp³-hybridized carbons (Fsp3) is 0.107. The van der Waals surface area contributed by atoms with Crippen LogP contribution in [0, 0.1) is 18.6 Å². The molecule has 0 saturated heterocycles. The average Bonchev–Trinajstić information content (AvgIpc) is 3.44. The lowest BCUT2D eigenvalue weighted by molar-refractivity contribution is 0.415. The Morgan fingerprint density at radius 3 is 2.29 bits per heavy atom. The third-order valence-electron chi connectivity index (χ3n) is 5.78. The van der Waals surface area contributed by atoms with Crippen LogP contribution in [0.5, 0.6) is 5.75 Å². The van der Waals surface area contributed by atoms with Crippen molar-refractivity contribution in [3.8, 4) is 17.0 Å². The van der Waals surface area contributed by atoms with E-state index in [9.17, 15) is 8.78 Å². The fourth-order valence-electron chi connectivity index (χ4n) is 3.77. The Morgan fingerprint density at radius 1 is 0.974 bits per heavy atom. The molecule has 0 fully saturated rings. The number of thiazole rings is 1. The quantitative estimate of drug-likeness (QED) is 0.209. The Balaban J connectivity index is 1.54. The number of ether oxygens (including phenoxy) is 1. The summed E-state index contributed by atoms with van der Waals surface area (Å²) in [5.74, 6) is 0.110. The molecule has 2 heterocycles. The Morgan fingerprint density at radius 2 is 1.63 bits per heavy atom. The van der Waals surface area contributed by atoms with Crippen molar-refractivity contribution >= 4 is 34.8 Å². The van der Waals surface area contributed by atoms with Crippen LogP contribution < -0.4 is 9.54 Å². The Kier molecular flexibility index (Phi) is 7.48. The zero-order valence-electron chi connectivity index (χ0n) is 20.5. The maximum absolute atomic E-state index is 13.6. The van der Waals surface area contributed by atoms with Crippen LogP contribution in [0.1, 0.15) is 16.8 Å². The maximum Gasteiger partial charge on any atom is 0.211 e. The molecule has 3 aromatic carbocycles. The van der Waals surface area contributed by atoms with E-state index in [1.54, 1.807) is 46.9 Å². The summed E-state index contributed by atoms with van der Waals surface area (Å²) < 4.78 is 35.4. The third kappa shape index (κ3) is 5.58. The van der Waals surface area contributed by atoms with Crippen molar-refractivity contribution in [1.82, 2.24) is 14.5 Å². The normalized spacial score (nSPS) is 12.0. The van der Waals surface area contributed by atoms with Gasteiger partial charge in [-0.3, -0.25) is 0 Å². The van der Waals surface area contributed by atoms with Gasteiger partial charge in [0.25, 0.3) is 0 Å². The summed E-state index contributed by atoms with van der Waals surface area (Å²) >= 11 is 8.08. The number of halogens is 3. The standard InChI is InChI=1S/C28H22ClF2N5OS/c1-18-25(27(29)35(34-18)16-19-3-7-21(30)8-4-19)15-32-36-26(20-5-9-22(31)10-6-20)17-38-28(36)33-23-11-13-24(37-2)14-12-23/h3-15,17H,16H2,1-2H3/b32-15-,33-28?. The topological polar surface area (TPSA) is 56.7 Å². The van der Waals surface area contributed by atoms with E-state index in [1.807, 2.05) is 36.6 Å². The van der Waals surface area contributed by atoms with Gasteiger partial charge in [-0.25, -0.2) is 23.1 Å². The molecule has 192 valence electrons. The zero-order valence-corrected chi connectivity index (χ0v) is 22.0. The predicted molar refractivity (Wildman–Crippen MR) is 146 cm³/mol. The van der Waals surface area contributed by atoms with Crippen LogP contribution in [0.15, 0.2) is 88.3 Å². The number of rotatable bonds is 7. The van der Waals surface area contributed by atoms with Gasteiger partial charge in [-0.15, -0.1) is 11.3 Å². The first-order valence-electron chi connectivity index (χ1n) is 11.6. The highest BCUT2D eigenvalue weighted by Crippen LogP contribution is 2.24. The minimum absolute atomic E-state index is 0.301. The highest BCUT2D eigenvalue weighted by Gasteiger charge is 2.14. The monoisotopic (exact) mass is 549 g/mol. The summed E-state index contributed by atoms with van der Waals surface area (Å²) in [5.41, 5.74) is 4.45. The average molecular weight is 550 g/mol. The van der Waals surface area contributed by atoms with Crippen LogP contribution in [0.2, 0.25) is 5.15 Å². The molecule has 0 aliphatic rings. The summed E-state index contributed by atoms with van der Waals surface area (Å²) in [4.78, 5) is 5.37. The lowest BCUT2D eigenvalue weighted by Gasteiger charge is -2.05. The maximum atomic E-state index is 13.6. The van der Waals surface area contributed by atoms with Crippen molar-refractivity contribution in [2.75, 3.05) is 7.11 Å². The number of hydrogen-bond acceptors (Lipinski definition) is 5. The van der Waals surface area contributed by atoms with E-state index in [2.05, 4.69) is 5.10 Å². The molecule has 0 bridgehead atoms. The first kappa shape index (κ1) is 25.6. The molecule has 0 N–H and O–H groups in total. The molecule has 6 nitrogen and oxygen atoms in total. The van der Waals surface area contributed by atoms with E-state index in [1.165, 1.54) is 35.6 Å². The van der Waals surface area contributed by atoms with Crippen LogP contribution in [0.25, 0.3) is 11.3 Å². The van der Waals surface area contributed by atoms with Gasteiger partial charge in [-0.2, -0.15) is 10.2 Å². The highest BCUT2D eigenvalue weighted by molar-refractivity contribution is 7.07. The van der Waals surface area contributed by atoms with Gasteiger partial charge < -0.3 is 4.74 Å². The number of aryl methyl sites for hydroxylation is 1. The number of nitrogens with zero attached hydrogens (tertiary/aromatic N) is 5. The molecule has 38 heavy (non-hydrogen) atoms. The van der Waals surface area contributed by atoms with Gasteiger partial charge in [0.1, 0.15) is 22.5 Å². The van der Waals surface area contributed by atoms with Gasteiger partial charge in [-0.05, 0) is 73.2 Å². The molecular formula is C28H22ClF2N5OS. The molecule has 5 aromatic rings. The van der Waals surface area contributed by atoms with Gasteiger partial charge in [0.05, 0.1) is 42.5 Å². The summed E-state index contributed by atoms with van der Waals surface area (Å²) in [6, 6.07) is 19.8. The van der Waals surface area contributed by atoms with Crippen LogP contribution >= 0.6 is 22.9 Å². The molecule has 0 radical (unpaired) electrons. The van der Waals surface area contributed by atoms with Gasteiger partial charge in [0.2, 0.25) is 4.80 Å². The fourth-order valence-corrected chi connectivity index (χ4v) is 4.91. The van der Waals surface area contributed by atoms with Crippen LogP contribution in [0.3, 0.4) is 0 Å². The lowest BCUT2D eigenvalue weighted by Crippen LogP contribution is -2.11. The molecule has 0 saturated carbocycles. The molecule has 0 atom stereocenters. The van der Waals surface area contributed by atoms with E-state index in [0.29, 0.717) is 27.8 Å². The predicted octanol–water partition coefficient (Wildman–Crippen LogP) is 6.82. The molecule has 0 aliphatic carbocycles. The Labute approximate surface area is 226 Å². The number of aromatic nitrogens is 3. The van der Waals surface area contributed by atoms with Gasteiger partial charge in [-0.1, -0.05) is 23.7 Å². The number of benzene rings is 3. The van der Waals surface area contributed by atoms with Gasteiger partial charge in [0.15, 0.2) is 0 Å². The van der Waals surface area contributed by atoms with Gasteiger partial charge >= 0.3 is 0 Å². The largest absolute Gasteiger partial charge is 0.497 e. The third-order valence-corrected chi connectivity index (χ3v) is 6.99. The van der Waals surface area contributed by atoms with Crippen molar-refractivity contribution in [3.63, 3.8) is 0 Å². The van der Waals surface area contributed by atoms with E-state index in [0.717, 1.165) is 28.3 Å². The SMILES string of the molecule is COc1ccc(N=c2scc(-c3ccc(F)cc3)n2/N=C\c2c(C)nn(Cc3ccc(F)cc3)c2Cl)cc1. The molecule has 5 rings (SSSR count). The molecule has 0 aliphatic heterocycles. The first-order valence-corrected chi connectivity index (χ1v) is 12.8. The van der Waals surface area contributed by atoms with Crippen molar-refractivity contribution in [3.05, 3.63) is 117 Å². The molecular weight excluding hydrogens is 528 g/mol. The second kappa shape index (κ2) is 11.1. The van der Waals surface area contributed by atoms with Crippen LogP contribution in [0.4, 0.5) is 14.5 Å². The zero-order chi connectivity index (χ0) is 26.6. The summed E-state index contributed by atoms with van der Waals surface area (Å²) in [6.45, 7) is 2.23. The molecule has 10 heteroatoms. The minimum Gasteiger partial charge on any atom is -0.497 e. The first-order chi connectivity index (χ1) is 18.4. The second-order valence-electron chi connectivity index (χ2n) is 8.35. The Bertz CT molecular complexity index is 1650. The van der Waals surface area contributed by atoms with Crippen LogP contribution in [-0.2, 0) is 6.54 Å². The minimum atomic E-state index is -0.321. The number of methoxy groups -OCH3 is 1. The van der Waals surface area contributed by atoms with Crippen LogP contribution in [-0.4, -0.2) is 27.8 Å². The van der Waals surface area contributed by atoms with E-state index < -0.39 is 0 Å². The highest BCUT2D eigenvalue weighted by atomic mass is 35.5. The molecule has 0 unspecified atom stereocenters. The second-order valence-corrected chi connectivity index (χ2v) is 9.55. The molecule has 0 spiro atoms. The van der Waals surface area contributed by atoms with Crippen molar-refractivity contribution in [1.29, 1.82) is 0 Å². The smallest absolute Gasteiger partial charge is 0.211 e. The summed E-state index contributed by atoms with van der Waals surface area (Å²) in [5, 5.41) is 11.6. The Hall–Kier alpha value is -4.08. The van der Waals surface area contributed by atoms with Gasteiger partial charge in [0, 0.05) is 10.9 Å². The summed E-state index contributed by atoms with van der Waals surface area (Å²) in [6.07, 6.45) is 1.64. The molecule has 0 amide bonds.